The van der Waals surface area contributed by atoms with E-state index in [9.17, 15) is 9.59 Å². The fraction of sp³-hybridized carbons (Fsp3) is 0.360. The molecule has 5 heteroatoms. The molecule has 156 valence electrons. The Kier molecular flexibility index (Phi) is 5.91. The van der Waals surface area contributed by atoms with Crippen molar-refractivity contribution in [3.05, 3.63) is 80.3 Å². The molecule has 0 radical (unpaired) electrons. The van der Waals surface area contributed by atoms with Gasteiger partial charge in [-0.25, -0.2) is 4.79 Å². The molecule has 1 atom stereocenters. The quantitative estimate of drug-likeness (QED) is 0.397. The minimum absolute atomic E-state index is 0.161. The maximum Gasteiger partial charge on any atom is 0.348 e. The smallest absolute Gasteiger partial charge is 0.348 e. The minimum atomic E-state index is -0.395. The number of carbonyl (C=O) groups excluding carboxylic acids is 2. The monoisotopic (exact) mass is 421 g/mol. The van der Waals surface area contributed by atoms with Crippen molar-refractivity contribution in [2.45, 2.75) is 46.6 Å². The Morgan fingerprint density at radius 2 is 1.93 bits per heavy atom. The van der Waals surface area contributed by atoms with Gasteiger partial charge in [-0.3, -0.25) is 4.79 Å². The molecule has 4 rings (SSSR count). The van der Waals surface area contributed by atoms with E-state index < -0.39 is 5.97 Å². The van der Waals surface area contributed by atoms with Crippen molar-refractivity contribution in [2.75, 3.05) is 6.61 Å². The summed E-state index contributed by atoms with van der Waals surface area (Å²) in [6.07, 6.45) is 3.21. The van der Waals surface area contributed by atoms with Gasteiger partial charge in [0.25, 0.3) is 0 Å². The van der Waals surface area contributed by atoms with E-state index in [-0.39, 0.29) is 12.4 Å². The van der Waals surface area contributed by atoms with Gasteiger partial charge in [0.05, 0.1) is 0 Å². The van der Waals surface area contributed by atoms with Crippen LogP contribution in [0.25, 0.3) is 0 Å². The van der Waals surface area contributed by atoms with E-state index >= 15 is 0 Å². The fourth-order valence-corrected chi connectivity index (χ4v) is 5.28. The number of carbonyl (C=O) groups is 2. The summed E-state index contributed by atoms with van der Waals surface area (Å²) in [4.78, 5) is 27.2. The van der Waals surface area contributed by atoms with Crippen molar-refractivity contribution < 1.29 is 14.3 Å². The molecule has 1 aromatic carbocycles. The number of rotatable bonds is 6. The molecule has 0 saturated heterocycles. The average molecular weight is 422 g/mol. The molecule has 1 aliphatic rings. The Morgan fingerprint density at radius 3 is 2.70 bits per heavy atom. The molecule has 1 aliphatic carbocycles. The maximum absolute atomic E-state index is 12.8. The average Bonchev–Trinajstić information content (AvgIpc) is 3.28. The van der Waals surface area contributed by atoms with Gasteiger partial charge < -0.3 is 9.30 Å². The zero-order valence-corrected chi connectivity index (χ0v) is 18.6. The Morgan fingerprint density at radius 1 is 1.17 bits per heavy atom. The molecule has 0 N–H and O–H groups in total. The molecular weight excluding hydrogens is 394 g/mol. The third-order valence-electron chi connectivity index (χ3n) is 5.92. The van der Waals surface area contributed by atoms with Crippen LogP contribution in [-0.4, -0.2) is 22.9 Å². The molecule has 2 aromatic heterocycles. The van der Waals surface area contributed by atoms with Crippen LogP contribution in [0.5, 0.6) is 0 Å². The molecule has 0 aliphatic heterocycles. The number of esters is 1. The normalized spacial score (nSPS) is 15.6. The Balaban J connectivity index is 1.42. The van der Waals surface area contributed by atoms with E-state index in [4.69, 9.17) is 4.74 Å². The van der Waals surface area contributed by atoms with Crippen molar-refractivity contribution in [1.82, 2.24) is 4.57 Å². The number of aryl methyl sites for hydroxylation is 2. The Hall–Kier alpha value is -2.66. The van der Waals surface area contributed by atoms with Crippen LogP contribution in [-0.2, 0) is 24.1 Å². The first kappa shape index (κ1) is 20.6. The zero-order valence-electron chi connectivity index (χ0n) is 17.7. The standard InChI is InChI=1S/C25H27NO3S/c1-16-9-10-23-20(11-16)13-24(30-23)25(28)29-15-22(27)21-12-17(2)26(18(21)3)14-19-7-5-4-6-8-19/h4-8,12-13,16H,9-11,14-15H2,1-3H3/t16-/m0/s1. The molecule has 2 heterocycles. The van der Waals surface area contributed by atoms with Crippen molar-refractivity contribution in [1.29, 1.82) is 0 Å². The van der Waals surface area contributed by atoms with E-state index in [1.165, 1.54) is 33.8 Å². The molecule has 4 nitrogen and oxygen atoms in total. The SMILES string of the molecule is Cc1cc(C(=O)COC(=O)c2cc3c(s2)CC[C@H](C)C3)c(C)n1Cc1ccccc1. The minimum Gasteiger partial charge on any atom is -0.453 e. The van der Waals surface area contributed by atoms with Crippen LogP contribution in [0.3, 0.4) is 0 Å². The van der Waals surface area contributed by atoms with Crippen LogP contribution >= 0.6 is 11.3 Å². The second kappa shape index (κ2) is 8.60. The maximum atomic E-state index is 12.8. The van der Waals surface area contributed by atoms with Crippen molar-refractivity contribution >= 4 is 23.1 Å². The van der Waals surface area contributed by atoms with E-state index in [0.29, 0.717) is 22.9 Å². The topological polar surface area (TPSA) is 48.3 Å². The number of benzene rings is 1. The summed E-state index contributed by atoms with van der Waals surface area (Å²) in [6.45, 7) is 6.67. The molecule has 3 aromatic rings. The molecule has 0 saturated carbocycles. The lowest BCUT2D eigenvalue weighted by Crippen LogP contribution is -2.14. The lowest BCUT2D eigenvalue weighted by Gasteiger charge is -2.16. The Labute approximate surface area is 181 Å². The van der Waals surface area contributed by atoms with Crippen LogP contribution < -0.4 is 0 Å². The number of fused-ring (bicyclic) bond motifs is 1. The first-order valence-corrected chi connectivity index (χ1v) is 11.3. The highest BCUT2D eigenvalue weighted by Gasteiger charge is 2.23. The summed E-state index contributed by atoms with van der Waals surface area (Å²) < 4.78 is 7.51. The highest BCUT2D eigenvalue weighted by Crippen LogP contribution is 2.32. The van der Waals surface area contributed by atoms with Gasteiger partial charge in [-0.05, 0) is 62.3 Å². The van der Waals surface area contributed by atoms with Crippen molar-refractivity contribution in [2.24, 2.45) is 5.92 Å². The Bertz CT molecular complexity index is 1080. The van der Waals surface area contributed by atoms with Gasteiger partial charge in [0, 0.05) is 28.4 Å². The van der Waals surface area contributed by atoms with E-state index in [1.807, 2.05) is 44.2 Å². The van der Waals surface area contributed by atoms with Gasteiger partial charge in [0.2, 0.25) is 5.78 Å². The van der Waals surface area contributed by atoms with E-state index in [2.05, 4.69) is 23.6 Å². The zero-order chi connectivity index (χ0) is 21.3. The summed E-state index contributed by atoms with van der Waals surface area (Å²) >= 11 is 1.51. The van der Waals surface area contributed by atoms with Gasteiger partial charge in [-0.15, -0.1) is 11.3 Å². The summed E-state index contributed by atoms with van der Waals surface area (Å²) in [5, 5.41) is 0. The number of hydrogen-bond acceptors (Lipinski definition) is 4. The van der Waals surface area contributed by atoms with Gasteiger partial charge >= 0.3 is 5.97 Å². The molecule has 0 bridgehead atoms. The first-order valence-electron chi connectivity index (χ1n) is 10.4. The van der Waals surface area contributed by atoms with Gasteiger partial charge in [-0.2, -0.15) is 0 Å². The number of hydrogen-bond donors (Lipinski definition) is 0. The lowest BCUT2D eigenvalue weighted by molar-refractivity contribution is 0.0479. The number of nitrogens with zero attached hydrogens (tertiary/aromatic N) is 1. The highest BCUT2D eigenvalue weighted by molar-refractivity contribution is 7.14. The van der Waals surface area contributed by atoms with Crippen LogP contribution in [0.1, 0.15) is 60.8 Å². The van der Waals surface area contributed by atoms with Crippen LogP contribution in [0.15, 0.2) is 42.5 Å². The van der Waals surface area contributed by atoms with Gasteiger partial charge in [-0.1, -0.05) is 37.3 Å². The van der Waals surface area contributed by atoms with E-state index in [1.54, 1.807) is 0 Å². The second-order valence-corrected chi connectivity index (χ2v) is 9.40. The molecule has 0 unspecified atom stereocenters. The van der Waals surface area contributed by atoms with E-state index in [0.717, 1.165) is 24.2 Å². The number of thiophene rings is 1. The van der Waals surface area contributed by atoms with Crippen LogP contribution in [0, 0.1) is 19.8 Å². The summed E-state index contributed by atoms with van der Waals surface area (Å²) in [6, 6.07) is 14.0. The number of ketones is 1. The predicted octanol–water partition coefficient (Wildman–Crippen LogP) is 5.38. The number of ether oxygens (including phenoxy) is 1. The van der Waals surface area contributed by atoms with Crippen molar-refractivity contribution in [3.63, 3.8) is 0 Å². The molecule has 30 heavy (non-hydrogen) atoms. The highest BCUT2D eigenvalue weighted by atomic mass is 32.1. The predicted molar refractivity (Wildman–Crippen MR) is 120 cm³/mol. The lowest BCUT2D eigenvalue weighted by atomic mass is 9.90. The van der Waals surface area contributed by atoms with Gasteiger partial charge in [0.1, 0.15) is 4.88 Å². The largest absolute Gasteiger partial charge is 0.453 e. The number of Topliss-reactive ketones (excluding diaryl/α,β-unsaturated/α-hetero) is 1. The summed E-state index contributed by atoms with van der Waals surface area (Å²) in [5.41, 5.74) is 4.99. The van der Waals surface area contributed by atoms with Crippen LogP contribution in [0.2, 0.25) is 0 Å². The molecule has 0 fully saturated rings. The molecule has 0 spiro atoms. The first-order chi connectivity index (χ1) is 14.4. The van der Waals surface area contributed by atoms with Crippen molar-refractivity contribution in [3.8, 4) is 0 Å². The summed E-state index contributed by atoms with van der Waals surface area (Å²) in [5.74, 6) is 0.0999. The number of aromatic nitrogens is 1. The molecular formula is C25H27NO3S. The summed E-state index contributed by atoms with van der Waals surface area (Å²) in [7, 11) is 0. The third kappa shape index (κ3) is 4.26. The second-order valence-electron chi connectivity index (χ2n) is 8.26. The fourth-order valence-electron chi connectivity index (χ4n) is 4.18. The van der Waals surface area contributed by atoms with Crippen LogP contribution in [0.4, 0.5) is 0 Å². The van der Waals surface area contributed by atoms with Gasteiger partial charge in [0.15, 0.2) is 6.61 Å². The molecule has 0 amide bonds. The third-order valence-corrected chi connectivity index (χ3v) is 7.14.